The minimum atomic E-state index is -1.44. The number of rotatable bonds is 7. The number of aliphatic hydroxyl groups is 1. The smallest absolute Gasteiger partial charge is 0.475 e. The second kappa shape index (κ2) is 8.02. The van der Waals surface area contributed by atoms with Crippen molar-refractivity contribution in [3.05, 3.63) is 35.6 Å². The van der Waals surface area contributed by atoms with Crippen molar-refractivity contribution in [2.75, 3.05) is 5.32 Å². The number of carboxylic acid groups (broad SMARTS) is 2. The summed E-state index contributed by atoms with van der Waals surface area (Å²) in [6.45, 7) is -0.228. The molecule has 0 saturated carbocycles. The Balaban J connectivity index is 2.15. The molecule has 1 aromatic rings. The fourth-order valence-electron chi connectivity index (χ4n) is 2.10. The van der Waals surface area contributed by atoms with Gasteiger partial charge in [0.05, 0.1) is 18.2 Å². The molecule has 0 aliphatic carbocycles. The Hall–Kier alpha value is -3.27. The van der Waals surface area contributed by atoms with Gasteiger partial charge >= 0.3 is 12.1 Å². The van der Waals surface area contributed by atoms with Crippen LogP contribution in [-0.2, 0) is 25.7 Å². The van der Waals surface area contributed by atoms with Crippen LogP contribution in [-0.4, -0.2) is 46.2 Å². The van der Waals surface area contributed by atoms with Crippen molar-refractivity contribution in [1.82, 2.24) is 0 Å². The summed E-state index contributed by atoms with van der Waals surface area (Å²) >= 11 is 0. The highest BCUT2D eigenvalue weighted by Crippen LogP contribution is 2.29. The van der Waals surface area contributed by atoms with E-state index in [1.165, 1.54) is 18.2 Å². The van der Waals surface area contributed by atoms with Crippen LogP contribution in [0.5, 0.6) is 5.75 Å². The van der Waals surface area contributed by atoms with E-state index in [1.54, 1.807) is 0 Å². The Morgan fingerprint density at radius 2 is 2.12 bits per heavy atom. The van der Waals surface area contributed by atoms with Gasteiger partial charge in [-0.25, -0.2) is 9.59 Å². The average Bonchev–Trinajstić information content (AvgIpc) is 2.54. The van der Waals surface area contributed by atoms with Gasteiger partial charge in [0.1, 0.15) is 12.4 Å². The first kappa shape index (κ1) is 18.1. The number of ether oxygens (including phenoxy) is 3. The molecular weight excluding hydrogens is 338 g/mol. The molecular formula is C15H15NO9. The fraction of sp³-hybridized carbons (Fsp3) is 0.267. The third-order valence-corrected chi connectivity index (χ3v) is 3.13. The van der Waals surface area contributed by atoms with Crippen molar-refractivity contribution in [2.24, 2.45) is 0 Å². The van der Waals surface area contributed by atoms with E-state index in [2.05, 4.69) is 10.1 Å². The van der Waals surface area contributed by atoms with Gasteiger partial charge in [0.2, 0.25) is 18.5 Å². The highest BCUT2D eigenvalue weighted by molar-refractivity contribution is 5.84. The number of carboxylic acids is 1. The molecule has 0 fully saturated rings. The van der Waals surface area contributed by atoms with E-state index in [4.69, 9.17) is 19.7 Å². The van der Waals surface area contributed by atoms with Gasteiger partial charge in [0, 0.05) is 0 Å². The third-order valence-electron chi connectivity index (χ3n) is 3.13. The van der Waals surface area contributed by atoms with Gasteiger partial charge in [0.15, 0.2) is 0 Å². The molecule has 1 aliphatic rings. The van der Waals surface area contributed by atoms with Gasteiger partial charge in [-0.3, -0.25) is 4.79 Å². The van der Waals surface area contributed by atoms with Gasteiger partial charge in [-0.15, -0.1) is 0 Å². The van der Waals surface area contributed by atoms with Gasteiger partial charge in [-0.05, 0) is 23.8 Å². The lowest BCUT2D eigenvalue weighted by Gasteiger charge is -2.26. The van der Waals surface area contributed by atoms with E-state index in [0.29, 0.717) is 12.0 Å². The Morgan fingerprint density at radius 1 is 1.36 bits per heavy atom. The highest BCUT2D eigenvalue weighted by atomic mass is 16.7. The number of anilines is 1. The van der Waals surface area contributed by atoms with Crippen molar-refractivity contribution in [3.8, 4) is 5.75 Å². The van der Waals surface area contributed by atoms with Crippen LogP contribution in [0.4, 0.5) is 10.5 Å². The Morgan fingerprint density at radius 3 is 2.76 bits per heavy atom. The molecule has 10 nitrogen and oxygen atoms in total. The lowest BCUT2D eigenvalue weighted by molar-refractivity contribution is -0.146. The Bertz CT molecular complexity index is 700. The lowest BCUT2D eigenvalue weighted by atomic mass is 10.1. The summed E-state index contributed by atoms with van der Waals surface area (Å²) in [6.07, 6.45) is -2.15. The predicted molar refractivity (Wildman–Crippen MR) is 80.8 cm³/mol. The molecule has 25 heavy (non-hydrogen) atoms. The van der Waals surface area contributed by atoms with Crippen LogP contribution in [0.1, 0.15) is 12.0 Å². The van der Waals surface area contributed by atoms with E-state index in [0.717, 1.165) is 6.08 Å². The van der Waals surface area contributed by atoms with Crippen molar-refractivity contribution in [2.45, 2.75) is 25.4 Å². The topological polar surface area (TPSA) is 152 Å². The van der Waals surface area contributed by atoms with Crippen molar-refractivity contribution >= 4 is 24.2 Å². The van der Waals surface area contributed by atoms with Crippen LogP contribution < -0.4 is 10.1 Å². The number of aliphatic hydroxyl groups excluding tert-OH is 1. The number of hydrogen-bond donors (Lipinski definition) is 4. The Labute approximate surface area is 141 Å². The van der Waals surface area contributed by atoms with E-state index in [9.17, 15) is 19.5 Å². The summed E-state index contributed by atoms with van der Waals surface area (Å²) in [4.78, 5) is 32.1. The first-order valence-corrected chi connectivity index (χ1v) is 7.04. The standard InChI is InChI=1S/C15H15NO9/c17-7-16-10-3-8(6-23-15(21)22)1-2-11(10)24-13-5-9(18)4-12(25-13)14(19)20/h1-4,7,9,13,18H,5-6H2,(H,16,17)(H,19,20)(H,21,22). The molecule has 10 heteroatoms. The number of aliphatic carboxylic acids is 1. The zero-order valence-corrected chi connectivity index (χ0v) is 12.7. The maximum absolute atomic E-state index is 11.0. The SMILES string of the molecule is O=CNc1cc(COC(=O)O)ccc1OC1CC(O)C=C(C(=O)O)O1. The van der Waals surface area contributed by atoms with Crippen molar-refractivity contribution in [1.29, 1.82) is 0 Å². The van der Waals surface area contributed by atoms with Crippen LogP contribution in [0.25, 0.3) is 0 Å². The van der Waals surface area contributed by atoms with Gasteiger partial charge < -0.3 is 34.8 Å². The molecule has 2 atom stereocenters. The van der Waals surface area contributed by atoms with Crippen LogP contribution in [0.15, 0.2) is 30.0 Å². The molecule has 0 spiro atoms. The highest BCUT2D eigenvalue weighted by Gasteiger charge is 2.27. The number of hydrogen-bond acceptors (Lipinski definition) is 7. The molecule has 0 bridgehead atoms. The predicted octanol–water partition coefficient (Wildman–Crippen LogP) is 0.904. The maximum Gasteiger partial charge on any atom is 0.506 e. The normalized spacial score (nSPS) is 19.2. The number of nitrogens with one attached hydrogen (secondary N) is 1. The lowest BCUT2D eigenvalue weighted by Crippen LogP contribution is -2.32. The third kappa shape index (κ3) is 5.11. The van der Waals surface area contributed by atoms with Crippen LogP contribution in [0, 0.1) is 0 Å². The van der Waals surface area contributed by atoms with E-state index in [1.807, 2.05) is 0 Å². The van der Waals surface area contributed by atoms with Crippen molar-refractivity contribution < 1.29 is 43.9 Å². The maximum atomic E-state index is 11.0. The monoisotopic (exact) mass is 353 g/mol. The van der Waals surface area contributed by atoms with E-state index < -0.39 is 30.3 Å². The molecule has 1 aliphatic heterocycles. The molecule has 0 aromatic heterocycles. The summed E-state index contributed by atoms with van der Waals surface area (Å²) in [5.41, 5.74) is 0.654. The number of carbonyl (C=O) groups excluding carboxylic acids is 1. The van der Waals surface area contributed by atoms with Crippen LogP contribution >= 0.6 is 0 Å². The molecule has 0 radical (unpaired) electrons. The Kier molecular flexibility index (Phi) is 5.79. The summed E-state index contributed by atoms with van der Waals surface area (Å²) in [6, 6.07) is 4.36. The number of carbonyl (C=O) groups is 3. The summed E-state index contributed by atoms with van der Waals surface area (Å²) < 4.78 is 15.1. The molecule has 4 N–H and O–H groups in total. The summed E-state index contributed by atoms with van der Waals surface area (Å²) in [5, 5.41) is 29.5. The first-order valence-electron chi connectivity index (χ1n) is 7.04. The second-order valence-electron chi connectivity index (χ2n) is 4.95. The fourth-order valence-corrected chi connectivity index (χ4v) is 2.10. The summed E-state index contributed by atoms with van der Waals surface area (Å²) in [5.74, 6) is -1.64. The quantitative estimate of drug-likeness (QED) is 0.414. The molecule has 1 amide bonds. The molecule has 1 heterocycles. The zero-order valence-electron chi connectivity index (χ0n) is 12.7. The minimum absolute atomic E-state index is 0.0127. The van der Waals surface area contributed by atoms with Gasteiger partial charge in [-0.2, -0.15) is 0 Å². The van der Waals surface area contributed by atoms with Crippen LogP contribution in [0.2, 0.25) is 0 Å². The first-order chi connectivity index (χ1) is 11.9. The molecule has 0 saturated heterocycles. The number of benzene rings is 1. The van der Waals surface area contributed by atoms with E-state index >= 15 is 0 Å². The second-order valence-corrected chi connectivity index (χ2v) is 4.95. The van der Waals surface area contributed by atoms with E-state index in [-0.39, 0.29) is 24.5 Å². The van der Waals surface area contributed by atoms with Crippen LogP contribution in [0.3, 0.4) is 0 Å². The minimum Gasteiger partial charge on any atom is -0.475 e. The molecule has 134 valence electrons. The van der Waals surface area contributed by atoms with Gasteiger partial charge in [-0.1, -0.05) is 6.07 Å². The zero-order chi connectivity index (χ0) is 18.4. The van der Waals surface area contributed by atoms with Gasteiger partial charge in [0.25, 0.3) is 0 Å². The largest absolute Gasteiger partial charge is 0.506 e. The average molecular weight is 353 g/mol. The number of amides is 1. The molecule has 2 rings (SSSR count). The van der Waals surface area contributed by atoms with Crippen molar-refractivity contribution in [3.63, 3.8) is 0 Å². The summed E-state index contributed by atoms with van der Waals surface area (Å²) in [7, 11) is 0. The molecule has 2 unspecified atom stereocenters. The molecule has 1 aromatic carbocycles.